The molecule has 0 aliphatic rings. The Hall–Kier alpha value is -1.36. The highest BCUT2D eigenvalue weighted by Crippen LogP contribution is 2.17. The predicted molar refractivity (Wildman–Crippen MR) is 71.9 cm³/mol. The van der Waals surface area contributed by atoms with E-state index in [-0.39, 0.29) is 6.04 Å². The lowest BCUT2D eigenvalue weighted by Crippen LogP contribution is -2.40. The van der Waals surface area contributed by atoms with Gasteiger partial charge in [-0.3, -0.25) is 0 Å². The van der Waals surface area contributed by atoms with E-state index in [1.54, 1.807) is 0 Å². The Labute approximate surface area is 101 Å². The van der Waals surface area contributed by atoms with Crippen molar-refractivity contribution >= 4 is 10.9 Å². The molecular weight excluding hydrogens is 212 g/mol. The van der Waals surface area contributed by atoms with Crippen molar-refractivity contribution in [1.82, 2.24) is 10.3 Å². The summed E-state index contributed by atoms with van der Waals surface area (Å²) >= 11 is 0. The molecule has 1 atom stereocenters. The van der Waals surface area contributed by atoms with E-state index in [9.17, 15) is 0 Å². The van der Waals surface area contributed by atoms with Gasteiger partial charge < -0.3 is 21.8 Å². The largest absolute Gasteiger partial charge is 0.361 e. The van der Waals surface area contributed by atoms with Crippen LogP contribution in [-0.2, 0) is 6.42 Å². The molecule has 0 aliphatic heterocycles. The van der Waals surface area contributed by atoms with E-state index in [1.165, 1.54) is 16.5 Å². The maximum atomic E-state index is 5.73. The van der Waals surface area contributed by atoms with Crippen molar-refractivity contribution in [1.29, 1.82) is 0 Å². The van der Waals surface area contributed by atoms with E-state index >= 15 is 0 Å². The summed E-state index contributed by atoms with van der Waals surface area (Å²) in [7, 11) is 0. The van der Waals surface area contributed by atoms with Crippen LogP contribution in [0.25, 0.3) is 10.9 Å². The summed E-state index contributed by atoms with van der Waals surface area (Å²) in [5, 5.41) is 4.62. The molecule has 0 spiro atoms. The van der Waals surface area contributed by atoms with Crippen molar-refractivity contribution in [3.8, 4) is 0 Å². The van der Waals surface area contributed by atoms with Crippen molar-refractivity contribution in [3.05, 3.63) is 36.0 Å². The first-order valence-corrected chi connectivity index (χ1v) is 6.02. The number of aromatic nitrogens is 1. The second-order valence-corrected chi connectivity index (χ2v) is 4.31. The van der Waals surface area contributed by atoms with Gasteiger partial charge in [0, 0.05) is 36.2 Å². The average Bonchev–Trinajstić information content (AvgIpc) is 2.78. The quantitative estimate of drug-likeness (QED) is 0.550. The van der Waals surface area contributed by atoms with Crippen LogP contribution in [0, 0.1) is 0 Å². The molecule has 2 aromatic rings. The summed E-state index contributed by atoms with van der Waals surface area (Å²) in [5.41, 5.74) is 13.7. The van der Waals surface area contributed by atoms with Crippen LogP contribution in [0.4, 0.5) is 0 Å². The Morgan fingerprint density at radius 2 is 2.12 bits per heavy atom. The Morgan fingerprint density at radius 3 is 2.94 bits per heavy atom. The number of para-hydroxylation sites is 1. The zero-order chi connectivity index (χ0) is 12.1. The van der Waals surface area contributed by atoms with Gasteiger partial charge in [0.25, 0.3) is 0 Å². The third kappa shape index (κ3) is 3.06. The van der Waals surface area contributed by atoms with Crippen molar-refractivity contribution in [2.45, 2.75) is 12.5 Å². The molecule has 0 fully saturated rings. The maximum absolute atomic E-state index is 5.73. The number of hydrogen-bond acceptors (Lipinski definition) is 3. The lowest BCUT2D eigenvalue weighted by Gasteiger charge is -2.09. The van der Waals surface area contributed by atoms with Crippen molar-refractivity contribution in [2.24, 2.45) is 11.5 Å². The van der Waals surface area contributed by atoms with Crippen LogP contribution in [0.5, 0.6) is 0 Å². The molecule has 17 heavy (non-hydrogen) atoms. The number of hydrogen-bond donors (Lipinski definition) is 4. The van der Waals surface area contributed by atoms with E-state index < -0.39 is 0 Å². The number of nitrogens with two attached hydrogens (primary N) is 2. The maximum Gasteiger partial charge on any atom is 0.0456 e. The summed E-state index contributed by atoms with van der Waals surface area (Å²) in [4.78, 5) is 3.28. The van der Waals surface area contributed by atoms with Crippen LogP contribution in [0.1, 0.15) is 5.56 Å². The molecule has 2 rings (SSSR count). The van der Waals surface area contributed by atoms with E-state index in [1.807, 2.05) is 6.07 Å². The lowest BCUT2D eigenvalue weighted by atomic mass is 10.1. The van der Waals surface area contributed by atoms with Crippen LogP contribution >= 0.6 is 0 Å². The molecule has 1 unspecified atom stereocenters. The molecule has 0 bridgehead atoms. The number of rotatable bonds is 6. The second-order valence-electron chi connectivity index (χ2n) is 4.31. The molecule has 92 valence electrons. The van der Waals surface area contributed by atoms with E-state index in [0.717, 1.165) is 19.5 Å². The second kappa shape index (κ2) is 5.82. The third-order valence-electron chi connectivity index (χ3n) is 2.96. The summed E-state index contributed by atoms with van der Waals surface area (Å²) in [6.07, 6.45) is 3.08. The summed E-state index contributed by atoms with van der Waals surface area (Å²) < 4.78 is 0. The molecule has 1 heterocycles. The van der Waals surface area contributed by atoms with Crippen LogP contribution < -0.4 is 16.8 Å². The van der Waals surface area contributed by atoms with Crippen LogP contribution in [0.15, 0.2) is 30.5 Å². The van der Waals surface area contributed by atoms with Crippen LogP contribution in [0.3, 0.4) is 0 Å². The van der Waals surface area contributed by atoms with Crippen molar-refractivity contribution in [3.63, 3.8) is 0 Å². The van der Waals surface area contributed by atoms with Crippen LogP contribution in [0.2, 0.25) is 0 Å². The Morgan fingerprint density at radius 1 is 1.29 bits per heavy atom. The Kier molecular flexibility index (Phi) is 4.14. The smallest absolute Gasteiger partial charge is 0.0456 e. The molecular formula is C13H20N4. The zero-order valence-electron chi connectivity index (χ0n) is 9.95. The number of benzene rings is 1. The van der Waals surface area contributed by atoms with Crippen molar-refractivity contribution in [2.75, 3.05) is 19.6 Å². The van der Waals surface area contributed by atoms with E-state index in [4.69, 9.17) is 11.5 Å². The van der Waals surface area contributed by atoms with Crippen molar-refractivity contribution < 1.29 is 0 Å². The number of aromatic amines is 1. The Bertz CT molecular complexity index is 463. The number of fused-ring (bicyclic) bond motifs is 1. The predicted octanol–water partition coefficient (Wildman–Crippen LogP) is 0.586. The molecule has 0 saturated carbocycles. The van der Waals surface area contributed by atoms with Crippen LogP contribution in [-0.4, -0.2) is 30.7 Å². The summed E-state index contributed by atoms with van der Waals surface area (Å²) in [6.45, 7) is 2.23. The monoisotopic (exact) mass is 232 g/mol. The minimum Gasteiger partial charge on any atom is -0.361 e. The molecule has 1 aromatic carbocycles. The highest BCUT2D eigenvalue weighted by molar-refractivity contribution is 5.83. The van der Waals surface area contributed by atoms with Gasteiger partial charge in [-0.15, -0.1) is 0 Å². The molecule has 1 aromatic heterocycles. The van der Waals surface area contributed by atoms with Gasteiger partial charge in [0.2, 0.25) is 0 Å². The van der Waals surface area contributed by atoms with Gasteiger partial charge in [0.05, 0.1) is 0 Å². The van der Waals surface area contributed by atoms with Gasteiger partial charge in [-0.05, 0) is 24.6 Å². The topological polar surface area (TPSA) is 79.9 Å². The van der Waals surface area contributed by atoms with Gasteiger partial charge in [-0.2, -0.15) is 0 Å². The van der Waals surface area contributed by atoms with E-state index in [2.05, 4.69) is 34.7 Å². The highest BCUT2D eigenvalue weighted by Gasteiger charge is 2.03. The first-order valence-electron chi connectivity index (χ1n) is 6.02. The number of H-pyrrole nitrogens is 1. The summed E-state index contributed by atoms with van der Waals surface area (Å²) in [6, 6.07) is 8.40. The van der Waals surface area contributed by atoms with Gasteiger partial charge in [-0.25, -0.2) is 0 Å². The fraction of sp³-hybridized carbons (Fsp3) is 0.385. The molecule has 0 radical (unpaired) electrons. The molecule has 0 saturated heterocycles. The molecule has 0 aliphatic carbocycles. The Balaban J connectivity index is 1.87. The highest BCUT2D eigenvalue weighted by atomic mass is 14.9. The SMILES string of the molecule is NCC(N)CNCCc1c[nH]c2ccccc12. The third-order valence-corrected chi connectivity index (χ3v) is 2.96. The van der Waals surface area contributed by atoms with E-state index in [0.29, 0.717) is 6.54 Å². The van der Waals surface area contributed by atoms with Gasteiger partial charge in [0.1, 0.15) is 0 Å². The normalized spacial score (nSPS) is 13.1. The molecule has 0 amide bonds. The van der Waals surface area contributed by atoms with Gasteiger partial charge in [0.15, 0.2) is 0 Å². The average molecular weight is 232 g/mol. The fourth-order valence-corrected chi connectivity index (χ4v) is 1.93. The number of nitrogens with one attached hydrogen (secondary N) is 2. The molecule has 4 heteroatoms. The standard InChI is InChI=1S/C13H20N4/c14-7-11(15)9-16-6-5-10-8-17-13-4-2-1-3-12(10)13/h1-4,8,11,16-17H,5-7,9,14-15H2. The molecule has 4 nitrogen and oxygen atoms in total. The van der Waals surface area contributed by atoms with Gasteiger partial charge >= 0.3 is 0 Å². The lowest BCUT2D eigenvalue weighted by molar-refractivity contribution is 0.584. The fourth-order valence-electron chi connectivity index (χ4n) is 1.93. The molecule has 6 N–H and O–H groups in total. The first-order chi connectivity index (χ1) is 8.31. The minimum atomic E-state index is 0.0537. The summed E-state index contributed by atoms with van der Waals surface area (Å²) in [5.74, 6) is 0. The zero-order valence-corrected chi connectivity index (χ0v) is 9.95. The van der Waals surface area contributed by atoms with Gasteiger partial charge in [-0.1, -0.05) is 18.2 Å². The first kappa shape index (κ1) is 12.1. The minimum absolute atomic E-state index is 0.0537.